The fourth-order valence-corrected chi connectivity index (χ4v) is 7.00. The Morgan fingerprint density at radius 1 is 1.13 bits per heavy atom. The van der Waals surface area contributed by atoms with Crippen molar-refractivity contribution in [2.75, 3.05) is 30.3 Å². The van der Waals surface area contributed by atoms with E-state index in [4.69, 9.17) is 0 Å². The highest BCUT2D eigenvalue weighted by atomic mass is 79.9. The minimum absolute atomic E-state index is 0.0276. The van der Waals surface area contributed by atoms with E-state index in [9.17, 15) is 18.0 Å². The monoisotopic (exact) mass is 496 g/mol. The van der Waals surface area contributed by atoms with E-state index >= 15 is 0 Å². The lowest BCUT2D eigenvalue weighted by atomic mass is 9.92. The van der Waals surface area contributed by atoms with Crippen LogP contribution in [0, 0.1) is 17.8 Å². The number of carbonyl (C=O) groups excluding carboxylic acids is 2. The van der Waals surface area contributed by atoms with Crippen molar-refractivity contribution in [2.45, 2.75) is 50.8 Å². The van der Waals surface area contributed by atoms with Crippen molar-refractivity contribution in [3.8, 4) is 0 Å². The molecule has 0 N–H and O–H groups in total. The van der Waals surface area contributed by atoms with Crippen LogP contribution in [0.15, 0.2) is 21.5 Å². The second-order valence-electron chi connectivity index (χ2n) is 9.24. The van der Waals surface area contributed by atoms with Crippen molar-refractivity contribution in [1.29, 1.82) is 0 Å². The van der Waals surface area contributed by atoms with E-state index in [-0.39, 0.29) is 34.8 Å². The van der Waals surface area contributed by atoms with Gasteiger partial charge in [-0.2, -0.15) is 0 Å². The third-order valence-corrected chi connectivity index (χ3v) is 8.51. The Bertz CT molecular complexity index is 964. The van der Waals surface area contributed by atoms with Crippen molar-refractivity contribution >= 4 is 43.3 Å². The summed E-state index contributed by atoms with van der Waals surface area (Å²) in [5, 5.41) is 0. The lowest BCUT2D eigenvalue weighted by molar-refractivity contribution is -0.133. The summed E-state index contributed by atoms with van der Waals surface area (Å²) in [4.78, 5) is 29.1. The largest absolute Gasteiger partial charge is 0.342 e. The number of nitrogens with zero attached hydrogens (tertiary/aromatic N) is 2. The van der Waals surface area contributed by atoms with Crippen LogP contribution in [-0.4, -0.2) is 50.5 Å². The molecule has 1 saturated heterocycles. The summed E-state index contributed by atoms with van der Waals surface area (Å²) in [7, 11) is -3.71. The second-order valence-corrected chi connectivity index (χ2v) is 12.2. The number of halogens is 1. The normalized spacial score (nSPS) is 24.1. The first-order valence-corrected chi connectivity index (χ1v) is 13.2. The molecular formula is C22H29BrN2O4S. The Kier molecular flexibility index (Phi) is 6.01. The van der Waals surface area contributed by atoms with Crippen molar-refractivity contribution in [2.24, 2.45) is 17.8 Å². The van der Waals surface area contributed by atoms with Crippen molar-refractivity contribution in [3.05, 3.63) is 22.2 Å². The molecule has 0 radical (unpaired) electrons. The third-order valence-electron chi connectivity index (χ3n) is 6.33. The summed E-state index contributed by atoms with van der Waals surface area (Å²) in [6.07, 6.45) is 3.48. The van der Waals surface area contributed by atoms with Crippen LogP contribution >= 0.6 is 15.9 Å². The quantitative estimate of drug-likeness (QED) is 0.625. The number of fused-ring (bicyclic) bond motifs is 1. The van der Waals surface area contributed by atoms with Gasteiger partial charge in [0.2, 0.25) is 11.8 Å². The van der Waals surface area contributed by atoms with E-state index in [0.717, 1.165) is 24.8 Å². The van der Waals surface area contributed by atoms with Gasteiger partial charge in [0, 0.05) is 36.4 Å². The van der Waals surface area contributed by atoms with Crippen molar-refractivity contribution in [1.82, 2.24) is 4.90 Å². The standard InChI is InChI=1S/C22H29BrN2O4S/c1-14-9-15(2)13-24(12-14)20(26)6-8-30(28,29)19-11-18(23)10-17-5-7-25(21(17)19)22(27)16-3-4-16/h10-11,14-16H,3-9,12-13H2,1-2H3/t14-,15-/m0/s1. The Morgan fingerprint density at radius 3 is 2.43 bits per heavy atom. The number of piperidine rings is 1. The maximum atomic E-state index is 13.3. The minimum atomic E-state index is -3.71. The summed E-state index contributed by atoms with van der Waals surface area (Å²) >= 11 is 3.42. The summed E-state index contributed by atoms with van der Waals surface area (Å²) in [5.41, 5.74) is 1.41. The van der Waals surface area contributed by atoms with Crippen LogP contribution in [0.2, 0.25) is 0 Å². The molecule has 0 spiro atoms. The highest BCUT2D eigenvalue weighted by Crippen LogP contribution is 2.41. The van der Waals surface area contributed by atoms with Crippen LogP contribution in [-0.2, 0) is 25.8 Å². The molecule has 8 heteroatoms. The average Bonchev–Trinajstić information content (AvgIpc) is 3.44. The number of anilines is 1. The fraction of sp³-hybridized carbons (Fsp3) is 0.636. The molecule has 1 aromatic rings. The van der Waals surface area contributed by atoms with E-state index in [1.165, 1.54) is 0 Å². The smallest absolute Gasteiger partial charge is 0.230 e. The molecule has 2 atom stereocenters. The Hall–Kier alpha value is -1.41. The molecular weight excluding hydrogens is 468 g/mol. The summed E-state index contributed by atoms with van der Waals surface area (Å²) in [5.74, 6) is 0.586. The highest BCUT2D eigenvalue weighted by molar-refractivity contribution is 9.10. The number of carbonyl (C=O) groups is 2. The Balaban J connectivity index is 1.54. The first kappa shape index (κ1) is 21.8. The predicted molar refractivity (Wildman–Crippen MR) is 119 cm³/mol. The topological polar surface area (TPSA) is 74.8 Å². The number of sulfone groups is 1. The van der Waals surface area contributed by atoms with Crippen LogP contribution in [0.25, 0.3) is 0 Å². The maximum absolute atomic E-state index is 13.3. The molecule has 2 fully saturated rings. The van der Waals surface area contributed by atoms with Crippen LogP contribution < -0.4 is 4.90 Å². The van der Waals surface area contributed by atoms with Gasteiger partial charge in [-0.1, -0.05) is 29.8 Å². The minimum Gasteiger partial charge on any atom is -0.342 e. The molecule has 0 aromatic heterocycles. The summed E-state index contributed by atoms with van der Waals surface area (Å²) in [6, 6.07) is 3.48. The van der Waals surface area contributed by atoms with Crippen LogP contribution in [0.3, 0.4) is 0 Å². The molecule has 2 amide bonds. The molecule has 164 valence electrons. The molecule has 0 unspecified atom stereocenters. The summed E-state index contributed by atoms with van der Waals surface area (Å²) < 4.78 is 27.3. The molecule has 2 heterocycles. The predicted octanol–water partition coefficient (Wildman–Crippen LogP) is 3.42. The Morgan fingerprint density at radius 2 is 1.80 bits per heavy atom. The second kappa shape index (κ2) is 8.26. The third kappa shape index (κ3) is 4.44. The molecule has 0 bridgehead atoms. The van der Waals surface area contributed by atoms with Gasteiger partial charge >= 0.3 is 0 Å². The van der Waals surface area contributed by atoms with Crippen molar-refractivity contribution < 1.29 is 18.0 Å². The lowest BCUT2D eigenvalue weighted by Crippen LogP contribution is -2.43. The van der Waals surface area contributed by atoms with Gasteiger partial charge in [-0.05, 0) is 55.2 Å². The van der Waals surface area contributed by atoms with Crippen LogP contribution in [0.1, 0.15) is 45.1 Å². The van der Waals surface area contributed by atoms with Gasteiger partial charge in [-0.3, -0.25) is 9.59 Å². The zero-order valence-corrected chi connectivity index (χ0v) is 20.0. The van der Waals surface area contributed by atoms with Gasteiger partial charge in [-0.15, -0.1) is 0 Å². The molecule has 1 aromatic carbocycles. The summed E-state index contributed by atoms with van der Waals surface area (Å²) in [6.45, 7) is 6.16. The van der Waals surface area contributed by atoms with Gasteiger partial charge < -0.3 is 9.80 Å². The number of hydrogen-bond donors (Lipinski definition) is 0. The Labute approximate surface area is 187 Å². The van der Waals surface area contributed by atoms with Gasteiger partial charge in [-0.25, -0.2) is 8.42 Å². The van der Waals surface area contributed by atoms with Crippen molar-refractivity contribution in [3.63, 3.8) is 0 Å². The molecule has 3 aliphatic rings. The van der Waals surface area contributed by atoms with Gasteiger partial charge in [0.1, 0.15) is 0 Å². The lowest BCUT2D eigenvalue weighted by Gasteiger charge is -2.35. The van der Waals surface area contributed by atoms with E-state index in [0.29, 0.717) is 48.1 Å². The number of rotatable bonds is 5. The van der Waals surface area contributed by atoms with Gasteiger partial charge in [0.25, 0.3) is 0 Å². The van der Waals surface area contributed by atoms with E-state index in [1.807, 2.05) is 11.0 Å². The SMILES string of the molecule is C[C@H]1C[C@H](C)CN(C(=O)CCS(=O)(=O)c2cc(Br)cc3c2N(C(=O)C2CC2)CC3)C1. The van der Waals surface area contributed by atoms with E-state index < -0.39 is 9.84 Å². The molecule has 4 rings (SSSR count). The highest BCUT2D eigenvalue weighted by Gasteiger charge is 2.39. The molecule has 30 heavy (non-hydrogen) atoms. The first-order valence-electron chi connectivity index (χ1n) is 10.8. The molecule has 2 aliphatic heterocycles. The van der Waals surface area contributed by atoms with Gasteiger partial charge in [0.15, 0.2) is 9.84 Å². The molecule has 1 aliphatic carbocycles. The number of hydrogen-bond acceptors (Lipinski definition) is 4. The van der Waals surface area contributed by atoms with Gasteiger partial charge in [0.05, 0.1) is 16.3 Å². The average molecular weight is 497 g/mol. The number of amides is 2. The zero-order chi connectivity index (χ0) is 21.6. The zero-order valence-electron chi connectivity index (χ0n) is 17.6. The van der Waals surface area contributed by atoms with E-state index in [2.05, 4.69) is 29.8 Å². The number of likely N-dealkylation sites (tertiary alicyclic amines) is 1. The maximum Gasteiger partial charge on any atom is 0.230 e. The van der Waals surface area contributed by atoms with E-state index in [1.54, 1.807) is 11.0 Å². The molecule has 1 saturated carbocycles. The fourth-order valence-electron chi connectivity index (χ4n) is 4.83. The molecule has 6 nitrogen and oxygen atoms in total. The van der Waals surface area contributed by atoms with Crippen LogP contribution in [0.4, 0.5) is 5.69 Å². The number of benzene rings is 1. The first-order chi connectivity index (χ1) is 14.2. The van der Waals surface area contributed by atoms with Crippen LogP contribution in [0.5, 0.6) is 0 Å².